The van der Waals surface area contributed by atoms with Crippen molar-refractivity contribution in [3.05, 3.63) is 28.7 Å². The average Bonchev–Trinajstić information content (AvgIpc) is 3.20. The molecule has 0 saturated carbocycles. The molecule has 132 valence electrons. The SMILES string of the molecule is COc1cc(N2CCCC2)ccc1C=C1SC(=S)N(CC(=O)O)C1=O. The normalized spacial score (nSPS) is 19.2. The smallest absolute Gasteiger partial charge is 0.323 e. The minimum atomic E-state index is -1.09. The van der Waals surface area contributed by atoms with E-state index in [0.717, 1.165) is 41.0 Å². The quantitative estimate of drug-likeness (QED) is 0.624. The van der Waals surface area contributed by atoms with Gasteiger partial charge in [-0.15, -0.1) is 0 Å². The minimum Gasteiger partial charge on any atom is -0.496 e. The predicted molar refractivity (Wildman–Crippen MR) is 102 cm³/mol. The molecule has 1 aromatic carbocycles. The van der Waals surface area contributed by atoms with Crippen molar-refractivity contribution < 1.29 is 19.4 Å². The molecule has 1 amide bonds. The molecule has 0 bridgehead atoms. The van der Waals surface area contributed by atoms with Crippen molar-refractivity contribution in [2.45, 2.75) is 12.8 Å². The molecule has 3 rings (SSSR count). The van der Waals surface area contributed by atoms with Crippen LogP contribution >= 0.6 is 24.0 Å². The zero-order valence-corrected chi connectivity index (χ0v) is 15.4. The second-order valence-corrected chi connectivity index (χ2v) is 7.46. The maximum absolute atomic E-state index is 12.4. The molecule has 0 radical (unpaired) electrons. The van der Waals surface area contributed by atoms with E-state index in [0.29, 0.717) is 10.7 Å². The predicted octanol–water partition coefficient (Wildman–Crippen LogP) is 2.58. The number of thiocarbonyl (C=S) groups is 1. The molecule has 0 unspecified atom stereocenters. The van der Waals surface area contributed by atoms with Crippen molar-refractivity contribution in [3.63, 3.8) is 0 Å². The first-order chi connectivity index (χ1) is 12.0. The molecule has 2 aliphatic heterocycles. The number of hydrogen-bond donors (Lipinski definition) is 1. The van der Waals surface area contributed by atoms with Gasteiger partial charge >= 0.3 is 5.97 Å². The fourth-order valence-electron chi connectivity index (χ4n) is 2.90. The maximum Gasteiger partial charge on any atom is 0.323 e. The molecule has 2 saturated heterocycles. The summed E-state index contributed by atoms with van der Waals surface area (Å²) < 4.78 is 5.73. The van der Waals surface area contributed by atoms with Gasteiger partial charge in [0.25, 0.3) is 5.91 Å². The number of aliphatic carboxylic acids is 1. The Morgan fingerprint density at radius 1 is 1.40 bits per heavy atom. The fourth-order valence-corrected chi connectivity index (χ4v) is 4.15. The second-order valence-electron chi connectivity index (χ2n) is 5.78. The Hall–Kier alpha value is -2.06. The van der Waals surface area contributed by atoms with Crippen LogP contribution in [0.3, 0.4) is 0 Å². The summed E-state index contributed by atoms with van der Waals surface area (Å²) in [6.07, 6.45) is 4.08. The largest absolute Gasteiger partial charge is 0.496 e. The van der Waals surface area contributed by atoms with Gasteiger partial charge < -0.3 is 14.7 Å². The molecular weight excluding hydrogens is 360 g/mol. The lowest BCUT2D eigenvalue weighted by Crippen LogP contribution is -2.33. The number of thioether (sulfide) groups is 1. The maximum atomic E-state index is 12.4. The highest BCUT2D eigenvalue weighted by Gasteiger charge is 2.33. The first-order valence-electron chi connectivity index (χ1n) is 7.90. The Morgan fingerprint density at radius 2 is 2.12 bits per heavy atom. The first kappa shape index (κ1) is 17.8. The molecule has 0 atom stereocenters. The van der Waals surface area contributed by atoms with Crippen molar-refractivity contribution in [1.82, 2.24) is 4.90 Å². The van der Waals surface area contributed by atoms with Crippen molar-refractivity contribution in [2.24, 2.45) is 0 Å². The second kappa shape index (κ2) is 7.45. The average molecular weight is 378 g/mol. The molecule has 0 aliphatic carbocycles. The number of carboxylic acid groups (broad SMARTS) is 1. The molecule has 8 heteroatoms. The van der Waals surface area contributed by atoms with E-state index in [2.05, 4.69) is 4.90 Å². The lowest BCUT2D eigenvalue weighted by Gasteiger charge is -2.19. The molecule has 1 N–H and O–H groups in total. The van der Waals surface area contributed by atoms with E-state index < -0.39 is 12.5 Å². The van der Waals surface area contributed by atoms with E-state index in [1.807, 2.05) is 18.2 Å². The highest BCUT2D eigenvalue weighted by atomic mass is 32.2. The van der Waals surface area contributed by atoms with Gasteiger partial charge in [-0.05, 0) is 31.1 Å². The monoisotopic (exact) mass is 378 g/mol. The summed E-state index contributed by atoms with van der Waals surface area (Å²) in [6.45, 7) is 1.65. The number of carboxylic acids is 1. The number of ether oxygens (including phenoxy) is 1. The summed E-state index contributed by atoms with van der Waals surface area (Å²) in [5, 5.41) is 8.90. The van der Waals surface area contributed by atoms with Crippen LogP contribution in [0.1, 0.15) is 18.4 Å². The number of rotatable bonds is 5. The molecule has 1 aromatic rings. The number of nitrogens with zero attached hydrogens (tertiary/aromatic N) is 2. The lowest BCUT2D eigenvalue weighted by atomic mass is 10.1. The third-order valence-corrected chi connectivity index (χ3v) is 5.52. The summed E-state index contributed by atoms with van der Waals surface area (Å²) in [4.78, 5) is 27.0. The summed E-state index contributed by atoms with van der Waals surface area (Å²) in [5.74, 6) is -0.805. The van der Waals surface area contributed by atoms with Crippen LogP contribution in [-0.2, 0) is 9.59 Å². The number of carbonyl (C=O) groups excluding carboxylic acids is 1. The van der Waals surface area contributed by atoms with E-state index in [1.54, 1.807) is 13.2 Å². The van der Waals surface area contributed by atoms with Crippen molar-refractivity contribution >= 4 is 51.9 Å². The van der Waals surface area contributed by atoms with Gasteiger partial charge in [0.05, 0.1) is 12.0 Å². The number of hydrogen-bond acceptors (Lipinski definition) is 6. The Kier molecular flexibility index (Phi) is 5.29. The van der Waals surface area contributed by atoms with Crippen molar-refractivity contribution in [1.29, 1.82) is 0 Å². The van der Waals surface area contributed by atoms with Crippen LogP contribution in [-0.4, -0.2) is 52.9 Å². The number of anilines is 1. The molecule has 6 nitrogen and oxygen atoms in total. The van der Waals surface area contributed by atoms with E-state index in [1.165, 1.54) is 12.8 Å². The van der Waals surface area contributed by atoms with E-state index in [9.17, 15) is 9.59 Å². The van der Waals surface area contributed by atoms with Crippen LogP contribution in [0.2, 0.25) is 0 Å². The van der Waals surface area contributed by atoms with Gasteiger partial charge in [-0.25, -0.2) is 0 Å². The number of methoxy groups -OCH3 is 1. The number of amides is 1. The van der Waals surface area contributed by atoms with E-state index in [4.69, 9.17) is 22.1 Å². The molecular formula is C17H18N2O4S2. The zero-order valence-electron chi connectivity index (χ0n) is 13.7. The molecule has 2 heterocycles. The van der Waals surface area contributed by atoms with Gasteiger partial charge in [-0.2, -0.15) is 0 Å². The van der Waals surface area contributed by atoms with Crippen molar-refractivity contribution in [3.8, 4) is 5.75 Å². The van der Waals surface area contributed by atoms with Gasteiger partial charge in [-0.3, -0.25) is 14.5 Å². The van der Waals surface area contributed by atoms with E-state index in [-0.39, 0.29) is 10.2 Å². The van der Waals surface area contributed by atoms with Crippen molar-refractivity contribution in [2.75, 3.05) is 31.6 Å². The Balaban J connectivity index is 1.86. The third kappa shape index (κ3) is 3.80. The third-order valence-electron chi connectivity index (χ3n) is 4.14. The topological polar surface area (TPSA) is 70.1 Å². The number of carbonyl (C=O) groups is 2. The summed E-state index contributed by atoms with van der Waals surface area (Å²) >= 11 is 6.22. The van der Waals surface area contributed by atoms with E-state index >= 15 is 0 Å². The molecule has 25 heavy (non-hydrogen) atoms. The van der Waals surface area contributed by atoms with Gasteiger partial charge in [0, 0.05) is 30.4 Å². The van der Waals surface area contributed by atoms with Gasteiger partial charge in [0.1, 0.15) is 16.6 Å². The lowest BCUT2D eigenvalue weighted by molar-refractivity contribution is -0.140. The minimum absolute atomic E-state index is 0.256. The molecule has 0 spiro atoms. The summed E-state index contributed by atoms with van der Waals surface area (Å²) in [6, 6.07) is 5.89. The summed E-state index contributed by atoms with van der Waals surface area (Å²) in [5.41, 5.74) is 1.87. The number of benzene rings is 1. The van der Waals surface area contributed by atoms with Gasteiger partial charge in [0.15, 0.2) is 0 Å². The standard InChI is InChI=1S/C17H18N2O4S2/c1-23-13-9-12(18-6-2-3-7-18)5-4-11(13)8-14-16(22)19(10-15(20)21)17(24)25-14/h4-5,8-9H,2-3,6-7,10H2,1H3,(H,20,21). The molecule has 2 aliphatic rings. The van der Waals surface area contributed by atoms with Crippen LogP contribution in [0.5, 0.6) is 5.75 Å². The van der Waals surface area contributed by atoms with Crippen LogP contribution in [0.25, 0.3) is 6.08 Å². The highest BCUT2D eigenvalue weighted by molar-refractivity contribution is 8.26. The van der Waals surface area contributed by atoms with Crippen LogP contribution in [0, 0.1) is 0 Å². The van der Waals surface area contributed by atoms with Crippen LogP contribution in [0.4, 0.5) is 5.69 Å². The zero-order chi connectivity index (χ0) is 18.0. The fraction of sp³-hybridized carbons (Fsp3) is 0.353. The highest BCUT2D eigenvalue weighted by Crippen LogP contribution is 2.35. The Bertz CT molecular complexity index is 757. The van der Waals surface area contributed by atoms with Crippen LogP contribution < -0.4 is 9.64 Å². The molecule has 0 aromatic heterocycles. The summed E-state index contributed by atoms with van der Waals surface area (Å²) in [7, 11) is 1.59. The first-order valence-corrected chi connectivity index (χ1v) is 9.12. The Labute approximate surface area is 155 Å². The van der Waals surface area contributed by atoms with Gasteiger partial charge in [0.2, 0.25) is 0 Å². The van der Waals surface area contributed by atoms with Gasteiger partial charge in [-0.1, -0.05) is 24.0 Å². The Morgan fingerprint density at radius 3 is 2.76 bits per heavy atom. The molecule has 2 fully saturated rings. The van der Waals surface area contributed by atoms with Crippen LogP contribution in [0.15, 0.2) is 23.1 Å².